The van der Waals surface area contributed by atoms with Crippen molar-refractivity contribution in [2.24, 2.45) is 5.92 Å². The maximum atomic E-state index is 14.2. The number of hydrogen-bond acceptors (Lipinski definition) is 6. The zero-order valence-corrected chi connectivity index (χ0v) is 25.0. The third-order valence-electron chi connectivity index (χ3n) is 8.44. The van der Waals surface area contributed by atoms with Crippen molar-refractivity contribution in [2.75, 3.05) is 37.7 Å². The maximum absolute atomic E-state index is 14.2. The number of nitrogens with zero attached hydrogens (tertiary/aromatic N) is 3. The molecule has 1 aromatic carbocycles. The van der Waals surface area contributed by atoms with Crippen LogP contribution in [0, 0.1) is 17.6 Å². The van der Waals surface area contributed by atoms with Crippen molar-refractivity contribution >= 4 is 29.2 Å². The molecule has 2 saturated heterocycles. The van der Waals surface area contributed by atoms with Crippen molar-refractivity contribution in [2.45, 2.75) is 67.7 Å². The minimum Gasteiger partial charge on any atom is -0.377 e. The molecule has 1 saturated carbocycles. The van der Waals surface area contributed by atoms with Crippen LogP contribution in [0.1, 0.15) is 57.5 Å². The fraction of sp³-hybridized carbons (Fsp3) is 0.516. The Labute approximate surface area is 249 Å². The van der Waals surface area contributed by atoms with Gasteiger partial charge in [-0.3, -0.25) is 0 Å². The van der Waals surface area contributed by atoms with Crippen LogP contribution in [0.4, 0.5) is 19.4 Å². The van der Waals surface area contributed by atoms with E-state index in [2.05, 4.69) is 40.8 Å². The molecule has 11 heteroatoms. The Morgan fingerprint density at radius 3 is 2.55 bits per heavy atom. The molecule has 2 atom stereocenters. The van der Waals surface area contributed by atoms with Gasteiger partial charge in [0.2, 0.25) is 0 Å². The van der Waals surface area contributed by atoms with E-state index >= 15 is 0 Å². The number of nitrogens with one attached hydrogen (secondary N) is 3. The molecular weight excluding hydrogens is 558 g/mol. The second-order valence-electron chi connectivity index (χ2n) is 11.9. The summed E-state index contributed by atoms with van der Waals surface area (Å²) in [7, 11) is 0. The van der Waals surface area contributed by atoms with Crippen LogP contribution in [-0.2, 0) is 21.2 Å². The van der Waals surface area contributed by atoms with Crippen molar-refractivity contribution in [3.63, 3.8) is 0 Å². The van der Waals surface area contributed by atoms with Gasteiger partial charge in [-0.25, -0.2) is 23.5 Å². The number of ether oxygens (including phenoxy) is 1. The lowest BCUT2D eigenvalue weighted by atomic mass is 9.89. The highest BCUT2D eigenvalue weighted by Gasteiger charge is 2.45. The van der Waals surface area contributed by atoms with Crippen molar-refractivity contribution in [3.05, 3.63) is 65.3 Å². The van der Waals surface area contributed by atoms with Crippen LogP contribution in [0.15, 0.2) is 47.0 Å². The van der Waals surface area contributed by atoms with Gasteiger partial charge in [0.05, 0.1) is 19.3 Å². The average molecular weight is 598 g/mol. The van der Waals surface area contributed by atoms with E-state index in [1.807, 2.05) is 12.2 Å². The first kappa shape index (κ1) is 29.1. The second-order valence-corrected chi connectivity index (χ2v) is 13.5. The largest absolute Gasteiger partial charge is 0.377 e. The van der Waals surface area contributed by atoms with Gasteiger partial charge in [-0.1, -0.05) is 13.0 Å². The zero-order chi connectivity index (χ0) is 29.3. The highest BCUT2D eigenvalue weighted by atomic mass is 32.2. The van der Waals surface area contributed by atoms with Crippen molar-refractivity contribution in [3.8, 4) is 0 Å². The van der Waals surface area contributed by atoms with E-state index in [0.717, 1.165) is 85.9 Å². The molecule has 2 aliphatic heterocycles. The number of carbonyl (C=O) groups is 1. The molecule has 2 aliphatic carbocycles. The van der Waals surface area contributed by atoms with Gasteiger partial charge in [-0.15, -0.1) is 0 Å². The number of allylic oxidation sites excluding steroid dienone is 4. The third-order valence-corrected chi connectivity index (χ3v) is 10.1. The minimum atomic E-state index is -0.573. The Kier molecular flexibility index (Phi) is 8.51. The van der Waals surface area contributed by atoms with E-state index in [0.29, 0.717) is 36.4 Å². The number of rotatable bonds is 7. The second kappa shape index (κ2) is 12.3. The fourth-order valence-electron chi connectivity index (χ4n) is 5.98. The summed E-state index contributed by atoms with van der Waals surface area (Å²) in [6.07, 6.45) is 8.26. The number of anilines is 1. The maximum Gasteiger partial charge on any atom is 0.319 e. The summed E-state index contributed by atoms with van der Waals surface area (Å²) in [5.74, 6) is 0.432. The number of carbonyl (C=O) groups excluding carboxylic acids is 1. The van der Waals surface area contributed by atoms with Gasteiger partial charge in [0.25, 0.3) is 0 Å². The monoisotopic (exact) mass is 597 g/mol. The van der Waals surface area contributed by atoms with E-state index in [1.165, 1.54) is 12.1 Å². The first-order valence-electron chi connectivity index (χ1n) is 14.9. The summed E-state index contributed by atoms with van der Waals surface area (Å²) in [5.41, 5.74) is 2.76. The lowest BCUT2D eigenvalue weighted by molar-refractivity contribution is 0.0985. The van der Waals surface area contributed by atoms with Crippen LogP contribution in [0.2, 0.25) is 0 Å². The molecule has 1 aromatic heterocycles. The molecule has 4 aliphatic rings. The molecule has 2 amide bonds. The van der Waals surface area contributed by atoms with E-state index in [4.69, 9.17) is 14.7 Å². The van der Waals surface area contributed by atoms with Gasteiger partial charge in [0.1, 0.15) is 23.1 Å². The lowest BCUT2D eigenvalue weighted by Gasteiger charge is -2.36. The molecule has 3 N–H and O–H groups in total. The molecule has 0 bridgehead atoms. The minimum absolute atomic E-state index is 0.0790. The van der Waals surface area contributed by atoms with E-state index in [1.54, 1.807) is 0 Å². The number of thiol groups is 1. The quantitative estimate of drug-likeness (QED) is 0.328. The van der Waals surface area contributed by atoms with Gasteiger partial charge < -0.3 is 25.6 Å². The van der Waals surface area contributed by atoms with Crippen LogP contribution in [0.5, 0.6) is 0 Å². The van der Waals surface area contributed by atoms with Crippen molar-refractivity contribution in [1.29, 1.82) is 0 Å². The highest BCUT2D eigenvalue weighted by Crippen LogP contribution is 2.40. The van der Waals surface area contributed by atoms with Crippen LogP contribution in [0.25, 0.3) is 5.57 Å². The Hall–Kier alpha value is -3.02. The molecule has 0 spiro atoms. The average Bonchev–Trinajstić information content (AvgIpc) is 3.77. The van der Waals surface area contributed by atoms with Gasteiger partial charge in [-0.2, -0.15) is 0 Å². The van der Waals surface area contributed by atoms with Crippen LogP contribution >= 0.6 is 0 Å². The fourth-order valence-corrected chi connectivity index (χ4v) is 7.52. The molecule has 0 radical (unpaired) electrons. The molecule has 3 heterocycles. The predicted octanol–water partition coefficient (Wildman–Crippen LogP) is 4.20. The topological polar surface area (TPSA) is 91.4 Å². The number of urea groups is 1. The Morgan fingerprint density at radius 1 is 1.10 bits per heavy atom. The molecule has 42 heavy (non-hydrogen) atoms. The molecule has 8 nitrogen and oxygen atoms in total. The number of halogens is 2. The normalized spacial score (nSPS) is 24.0. The molecular formula is C31H39F2N6O2S+. The van der Waals surface area contributed by atoms with Crippen LogP contribution in [0.3, 0.4) is 0 Å². The van der Waals surface area contributed by atoms with Crippen molar-refractivity contribution < 1.29 is 18.3 Å². The first-order chi connectivity index (χ1) is 20.3. The molecule has 6 rings (SSSR count). The number of hydrogen-bond donors (Lipinski definition) is 3. The number of piperidine rings is 1. The van der Waals surface area contributed by atoms with Gasteiger partial charge in [-0.05, 0) is 38.2 Å². The van der Waals surface area contributed by atoms with Gasteiger partial charge >= 0.3 is 6.03 Å². The smallest absolute Gasteiger partial charge is 0.319 e. The summed E-state index contributed by atoms with van der Waals surface area (Å²) < 4.78 is 33.8. The molecule has 224 valence electrons. The van der Waals surface area contributed by atoms with Crippen LogP contribution in [-0.4, -0.2) is 60.9 Å². The Balaban J connectivity index is 1.39. The van der Waals surface area contributed by atoms with Gasteiger partial charge in [0, 0.05) is 85.8 Å². The van der Waals surface area contributed by atoms with Crippen molar-refractivity contribution in [1.82, 2.24) is 25.9 Å². The number of morpholine rings is 1. The SMILES string of the molecule is CC1CC(NC(=O)NC2CC2)=CC=C1c1nc(N2CCOC[C@@H]2C)cc(C2([SH+]c3cc(F)cc(F)c3)CCNCC2)n1. The standard InChI is InChI=1S/C31H38F2N6O2S/c1-19-13-24(36-30(40)35-23-3-4-23)5-6-26(19)29-37-27(17-28(38-29)39-11-12-41-18-20(39)2)31(7-9-34-10-8-31)42-25-15-21(32)14-22(33)16-25/h5-6,14-17,19-20,23,34H,3-4,7-13,18H2,1-2H3,(H2,35,36,40)/p+1/t19?,20-/m0/s1. The predicted molar refractivity (Wildman–Crippen MR) is 161 cm³/mol. The lowest BCUT2D eigenvalue weighted by Crippen LogP contribution is -2.45. The van der Waals surface area contributed by atoms with Crippen LogP contribution < -0.4 is 20.9 Å². The summed E-state index contributed by atoms with van der Waals surface area (Å²) in [5, 5.41) is 9.42. The summed E-state index contributed by atoms with van der Waals surface area (Å²) >= 11 is 0.816. The van der Waals surface area contributed by atoms with E-state index in [-0.39, 0.29) is 18.0 Å². The summed E-state index contributed by atoms with van der Waals surface area (Å²) in [4.78, 5) is 25.5. The first-order valence-corrected chi connectivity index (χ1v) is 15.8. The van der Waals surface area contributed by atoms with E-state index < -0.39 is 16.4 Å². The highest BCUT2D eigenvalue weighted by molar-refractivity contribution is 7.79. The zero-order valence-electron chi connectivity index (χ0n) is 24.1. The van der Waals surface area contributed by atoms with Gasteiger partial charge in [0.15, 0.2) is 15.5 Å². The van der Waals surface area contributed by atoms with E-state index in [9.17, 15) is 13.6 Å². The molecule has 1 unspecified atom stereocenters. The molecule has 3 fully saturated rings. The Bertz CT molecular complexity index is 1370. The number of aromatic nitrogens is 2. The number of benzene rings is 1. The Morgan fingerprint density at radius 2 is 1.86 bits per heavy atom. The summed E-state index contributed by atoms with van der Waals surface area (Å²) in [6, 6.07) is 6.12. The third kappa shape index (κ3) is 6.63. The molecule has 2 aromatic rings. The number of amides is 2. The summed E-state index contributed by atoms with van der Waals surface area (Å²) in [6.45, 7) is 7.78.